The first-order valence-electron chi connectivity index (χ1n) is 11.1. The summed E-state index contributed by atoms with van der Waals surface area (Å²) < 4.78 is 0.757. The van der Waals surface area contributed by atoms with Gasteiger partial charge in [0.1, 0.15) is 5.82 Å². The van der Waals surface area contributed by atoms with E-state index in [2.05, 4.69) is 54.0 Å². The normalized spacial score (nSPS) is 12.4. The Bertz CT molecular complexity index is 964. The zero-order valence-electron chi connectivity index (χ0n) is 20.8. The number of halogens is 2. The van der Waals surface area contributed by atoms with Gasteiger partial charge < -0.3 is 21.1 Å². The molecule has 1 heterocycles. The maximum Gasteiger partial charge on any atom is 0.373 e. The van der Waals surface area contributed by atoms with Gasteiger partial charge in [-0.1, -0.05) is 35.9 Å². The van der Waals surface area contributed by atoms with Gasteiger partial charge in [0.15, 0.2) is 0 Å². The summed E-state index contributed by atoms with van der Waals surface area (Å²) in [4.78, 5) is 24.9. The Kier molecular flexibility index (Phi) is 18.3. The van der Waals surface area contributed by atoms with Crippen LogP contribution in [0.4, 0.5) is 17.5 Å². The fraction of sp³-hybridized carbons (Fsp3) is 0.400. The minimum absolute atomic E-state index is 0.0388. The lowest BCUT2D eigenvalue weighted by molar-refractivity contribution is -0.191. The third-order valence-electron chi connectivity index (χ3n) is 4.29. The maximum absolute atomic E-state index is 9.09. The van der Waals surface area contributed by atoms with Crippen molar-refractivity contribution in [3.8, 4) is 0 Å². The standard InChI is InChI=1S/C14H17BrN4O.C10H18ClN.CO2/c1-9-4-3-5-11(6-9)18-14-16-7-12(15)13(19-14)17-10(2)8-20;1-4-10(7-8-12-3)6-5-9(2)11;2-1-3/h3-7,10,20H,8H2,1-2H3,(H2,16,17,18,19);4-6,9,12H,7-8H2,1-3H3;/b;6-5-,10-4+;. The average Bonchev–Trinajstić information content (AvgIpc) is 2.82. The van der Waals surface area contributed by atoms with Crippen molar-refractivity contribution in [2.75, 3.05) is 30.8 Å². The zero-order valence-corrected chi connectivity index (χ0v) is 23.2. The third kappa shape index (κ3) is 15.9. The number of aliphatic hydroxyl groups is 1. The van der Waals surface area contributed by atoms with Crippen LogP contribution in [0.2, 0.25) is 0 Å². The van der Waals surface area contributed by atoms with Crippen LogP contribution in [0.1, 0.15) is 32.8 Å². The Morgan fingerprint density at radius 1 is 1.31 bits per heavy atom. The second kappa shape index (κ2) is 19.7. The van der Waals surface area contributed by atoms with Gasteiger partial charge in [-0.15, -0.1) is 11.6 Å². The van der Waals surface area contributed by atoms with Gasteiger partial charge in [-0.3, -0.25) is 0 Å². The van der Waals surface area contributed by atoms with Crippen molar-refractivity contribution in [2.24, 2.45) is 0 Å². The molecule has 0 fully saturated rings. The molecular formula is C25H35BrClN5O3. The van der Waals surface area contributed by atoms with E-state index in [0.717, 1.165) is 23.1 Å². The van der Waals surface area contributed by atoms with E-state index in [9.17, 15) is 0 Å². The van der Waals surface area contributed by atoms with Crippen molar-refractivity contribution >= 4 is 51.1 Å². The van der Waals surface area contributed by atoms with Gasteiger partial charge in [0.05, 0.1) is 11.1 Å². The molecule has 0 aliphatic rings. The van der Waals surface area contributed by atoms with Crippen molar-refractivity contribution in [3.63, 3.8) is 0 Å². The molecule has 0 amide bonds. The molecule has 0 saturated heterocycles. The predicted octanol–water partition coefficient (Wildman–Crippen LogP) is 5.23. The van der Waals surface area contributed by atoms with Gasteiger partial charge in [0, 0.05) is 23.3 Å². The van der Waals surface area contributed by atoms with E-state index in [1.54, 1.807) is 6.20 Å². The number of nitrogens with zero attached hydrogens (tertiary/aromatic N) is 2. The highest BCUT2D eigenvalue weighted by Gasteiger charge is 2.08. The first kappa shape index (κ1) is 32.5. The number of rotatable bonds is 10. The van der Waals surface area contributed by atoms with Gasteiger partial charge in [-0.2, -0.15) is 14.6 Å². The van der Waals surface area contributed by atoms with E-state index >= 15 is 0 Å². The summed E-state index contributed by atoms with van der Waals surface area (Å²) in [6.45, 7) is 8.97. The smallest absolute Gasteiger partial charge is 0.373 e. The molecule has 35 heavy (non-hydrogen) atoms. The number of hydrogen-bond donors (Lipinski definition) is 4. The second-order valence-corrected chi connectivity index (χ2v) is 8.99. The van der Waals surface area contributed by atoms with Crippen LogP contribution >= 0.6 is 27.5 Å². The Labute approximate surface area is 221 Å². The summed E-state index contributed by atoms with van der Waals surface area (Å²) >= 11 is 9.17. The Morgan fingerprint density at radius 2 is 2.00 bits per heavy atom. The summed E-state index contributed by atoms with van der Waals surface area (Å²) in [5.74, 6) is 1.16. The summed E-state index contributed by atoms with van der Waals surface area (Å²) in [7, 11) is 1.96. The Hall–Kier alpha value is -2.55. The van der Waals surface area contributed by atoms with Gasteiger partial charge in [0.25, 0.3) is 0 Å². The number of aryl methyl sites for hydroxylation is 1. The van der Waals surface area contributed by atoms with Crippen LogP contribution in [0.25, 0.3) is 0 Å². The molecule has 1 aromatic carbocycles. The average molecular weight is 569 g/mol. The van der Waals surface area contributed by atoms with E-state index in [0.29, 0.717) is 11.8 Å². The minimum Gasteiger partial charge on any atom is -0.394 e. The van der Waals surface area contributed by atoms with Gasteiger partial charge in [-0.25, -0.2) is 4.98 Å². The molecular weight excluding hydrogens is 534 g/mol. The zero-order chi connectivity index (χ0) is 26.6. The van der Waals surface area contributed by atoms with Gasteiger partial charge >= 0.3 is 6.15 Å². The number of benzene rings is 1. The van der Waals surface area contributed by atoms with Crippen LogP contribution in [-0.4, -0.2) is 52.8 Å². The van der Waals surface area contributed by atoms with Crippen LogP contribution in [0.3, 0.4) is 0 Å². The molecule has 2 rings (SSSR count). The molecule has 8 nitrogen and oxygen atoms in total. The number of aliphatic hydroxyl groups excluding tert-OH is 1. The van der Waals surface area contributed by atoms with Crippen LogP contribution in [0, 0.1) is 6.92 Å². The van der Waals surface area contributed by atoms with Crippen molar-refractivity contribution in [1.82, 2.24) is 15.3 Å². The molecule has 0 aliphatic heterocycles. The SMILES string of the molecule is C/C=C(\C=C/C(C)Cl)CCNC.Cc1cccc(Nc2ncc(Br)c(NC(C)CO)n2)c1.O=C=O. The fourth-order valence-electron chi connectivity index (χ4n) is 2.51. The predicted molar refractivity (Wildman–Crippen MR) is 146 cm³/mol. The lowest BCUT2D eigenvalue weighted by Gasteiger charge is -2.14. The van der Waals surface area contributed by atoms with E-state index in [1.807, 2.05) is 65.1 Å². The third-order valence-corrected chi connectivity index (χ3v) is 5.01. The monoisotopic (exact) mass is 567 g/mol. The minimum atomic E-state index is -0.0759. The number of carbonyl (C=O) groups excluding carboxylic acids is 2. The van der Waals surface area contributed by atoms with Crippen LogP contribution < -0.4 is 16.0 Å². The van der Waals surface area contributed by atoms with Gasteiger partial charge in [0.2, 0.25) is 5.95 Å². The highest BCUT2D eigenvalue weighted by molar-refractivity contribution is 9.10. The molecule has 0 radical (unpaired) electrons. The molecule has 2 unspecified atom stereocenters. The highest BCUT2D eigenvalue weighted by Crippen LogP contribution is 2.22. The molecule has 2 atom stereocenters. The molecule has 1 aromatic heterocycles. The summed E-state index contributed by atoms with van der Waals surface area (Å²) in [6.07, 6.45) is 9.21. The first-order valence-corrected chi connectivity index (χ1v) is 12.3. The maximum atomic E-state index is 9.09. The molecule has 192 valence electrons. The molecule has 0 spiro atoms. The largest absolute Gasteiger partial charge is 0.394 e. The van der Waals surface area contributed by atoms with E-state index in [1.165, 1.54) is 11.1 Å². The second-order valence-electron chi connectivity index (χ2n) is 7.45. The number of hydrogen-bond acceptors (Lipinski definition) is 8. The van der Waals surface area contributed by atoms with Crippen molar-refractivity contribution in [3.05, 3.63) is 64.3 Å². The molecule has 2 aromatic rings. The molecule has 10 heteroatoms. The Balaban J connectivity index is 0.000000660. The molecule has 0 saturated carbocycles. The summed E-state index contributed by atoms with van der Waals surface area (Å²) in [5, 5.41) is 18.6. The molecule has 4 N–H and O–H groups in total. The summed E-state index contributed by atoms with van der Waals surface area (Å²) in [6, 6.07) is 7.91. The quantitative estimate of drug-likeness (QED) is 0.228. The van der Waals surface area contributed by atoms with Crippen LogP contribution in [0.5, 0.6) is 0 Å². The summed E-state index contributed by atoms with van der Waals surface area (Å²) in [5.41, 5.74) is 3.43. The highest BCUT2D eigenvalue weighted by atomic mass is 79.9. The number of aromatic nitrogens is 2. The topological polar surface area (TPSA) is 116 Å². The lowest BCUT2D eigenvalue weighted by atomic mass is 10.1. The van der Waals surface area contributed by atoms with Crippen molar-refractivity contribution < 1.29 is 14.7 Å². The van der Waals surface area contributed by atoms with Gasteiger partial charge in [-0.05, 0) is 81.3 Å². The van der Waals surface area contributed by atoms with Crippen molar-refractivity contribution in [2.45, 2.75) is 45.5 Å². The lowest BCUT2D eigenvalue weighted by Crippen LogP contribution is -2.20. The van der Waals surface area contributed by atoms with E-state index < -0.39 is 0 Å². The number of anilines is 3. The van der Waals surface area contributed by atoms with Crippen LogP contribution in [0.15, 0.2) is 58.7 Å². The fourth-order valence-corrected chi connectivity index (χ4v) is 2.89. The van der Waals surface area contributed by atoms with E-state index in [4.69, 9.17) is 26.3 Å². The molecule has 0 bridgehead atoms. The van der Waals surface area contributed by atoms with Crippen LogP contribution in [-0.2, 0) is 9.59 Å². The number of nitrogens with one attached hydrogen (secondary N) is 3. The van der Waals surface area contributed by atoms with E-state index in [-0.39, 0.29) is 24.2 Å². The number of alkyl halides is 1. The molecule has 0 aliphatic carbocycles. The first-order chi connectivity index (χ1) is 16.7. The Morgan fingerprint density at radius 3 is 2.54 bits per heavy atom. The van der Waals surface area contributed by atoms with Crippen molar-refractivity contribution in [1.29, 1.82) is 0 Å². The number of allylic oxidation sites excluding steroid dienone is 3.